The fourth-order valence-electron chi connectivity index (χ4n) is 3.60. The highest BCUT2D eigenvalue weighted by atomic mass is 16.5. The summed E-state index contributed by atoms with van der Waals surface area (Å²) in [6.45, 7) is 2.93. The van der Waals surface area contributed by atoms with Crippen LogP contribution in [0.1, 0.15) is 31.7 Å². The Morgan fingerprint density at radius 2 is 1.77 bits per heavy atom. The molecule has 0 saturated heterocycles. The number of urea groups is 1. The van der Waals surface area contributed by atoms with Gasteiger partial charge in [0.25, 0.3) is 0 Å². The van der Waals surface area contributed by atoms with Crippen molar-refractivity contribution in [1.82, 2.24) is 10.2 Å². The van der Waals surface area contributed by atoms with Gasteiger partial charge in [-0.25, -0.2) is 4.79 Å². The van der Waals surface area contributed by atoms with Crippen molar-refractivity contribution in [3.05, 3.63) is 60.2 Å². The maximum absolute atomic E-state index is 13.0. The van der Waals surface area contributed by atoms with Crippen LogP contribution in [-0.4, -0.2) is 43.6 Å². The zero-order chi connectivity index (χ0) is 21.5. The Balaban J connectivity index is 1.55. The molecular weight excluding hydrogens is 378 g/mol. The van der Waals surface area contributed by atoms with E-state index in [4.69, 9.17) is 4.74 Å². The molecule has 1 aliphatic carbocycles. The maximum atomic E-state index is 13.0. The first-order valence-electron chi connectivity index (χ1n) is 10.5. The van der Waals surface area contributed by atoms with Crippen LogP contribution in [0.15, 0.2) is 54.6 Å². The van der Waals surface area contributed by atoms with Crippen molar-refractivity contribution in [2.75, 3.05) is 25.6 Å². The van der Waals surface area contributed by atoms with Gasteiger partial charge in [-0.05, 0) is 55.5 Å². The minimum atomic E-state index is -0.183. The number of hydrogen-bond acceptors (Lipinski definition) is 3. The van der Waals surface area contributed by atoms with Gasteiger partial charge in [-0.1, -0.05) is 30.3 Å². The second kappa shape index (κ2) is 10.1. The highest BCUT2D eigenvalue weighted by Crippen LogP contribution is 2.37. The number of carbonyl (C=O) groups excluding carboxylic acids is 2. The van der Waals surface area contributed by atoms with Crippen LogP contribution >= 0.6 is 0 Å². The summed E-state index contributed by atoms with van der Waals surface area (Å²) in [4.78, 5) is 28.9. The Bertz CT molecular complexity index is 835. The van der Waals surface area contributed by atoms with Crippen molar-refractivity contribution in [2.24, 2.45) is 5.92 Å². The number of nitrogens with one attached hydrogen (secondary N) is 1. The minimum absolute atomic E-state index is 0.0191. The summed E-state index contributed by atoms with van der Waals surface area (Å²) in [6, 6.07) is 17.4. The third kappa shape index (κ3) is 5.75. The van der Waals surface area contributed by atoms with Crippen molar-refractivity contribution in [3.8, 4) is 5.75 Å². The molecule has 1 unspecified atom stereocenters. The van der Waals surface area contributed by atoms with Gasteiger partial charge in [-0.2, -0.15) is 0 Å². The first-order chi connectivity index (χ1) is 14.5. The van der Waals surface area contributed by atoms with E-state index in [1.54, 1.807) is 19.1 Å². The largest absolute Gasteiger partial charge is 0.497 e. The van der Waals surface area contributed by atoms with Gasteiger partial charge in [0.05, 0.1) is 7.11 Å². The fourth-order valence-corrected chi connectivity index (χ4v) is 3.60. The molecule has 0 heterocycles. The number of hydrogen-bond donors (Lipinski definition) is 1. The summed E-state index contributed by atoms with van der Waals surface area (Å²) >= 11 is 0. The molecule has 1 N–H and O–H groups in total. The van der Waals surface area contributed by atoms with Crippen LogP contribution in [0, 0.1) is 5.92 Å². The lowest BCUT2D eigenvalue weighted by atomic mass is 10.1. The zero-order valence-electron chi connectivity index (χ0n) is 18.0. The van der Waals surface area contributed by atoms with Gasteiger partial charge in [0.1, 0.15) is 5.75 Å². The number of anilines is 1. The molecule has 6 heteroatoms. The van der Waals surface area contributed by atoms with E-state index < -0.39 is 0 Å². The van der Waals surface area contributed by atoms with Crippen LogP contribution in [0.5, 0.6) is 5.75 Å². The van der Waals surface area contributed by atoms with Gasteiger partial charge in [-0.15, -0.1) is 0 Å². The van der Waals surface area contributed by atoms with Gasteiger partial charge < -0.3 is 19.9 Å². The Kier molecular flexibility index (Phi) is 7.33. The van der Waals surface area contributed by atoms with Crippen LogP contribution in [-0.2, 0) is 11.3 Å². The highest BCUT2D eigenvalue weighted by molar-refractivity contribution is 5.94. The molecule has 1 aliphatic rings. The Labute approximate surface area is 178 Å². The van der Waals surface area contributed by atoms with Gasteiger partial charge in [0.15, 0.2) is 0 Å². The monoisotopic (exact) mass is 409 g/mol. The average molecular weight is 410 g/mol. The first kappa shape index (κ1) is 21.7. The fraction of sp³-hybridized carbons (Fsp3) is 0.417. The number of amides is 3. The Morgan fingerprint density at radius 3 is 2.37 bits per heavy atom. The van der Waals surface area contributed by atoms with Crippen LogP contribution < -0.4 is 15.0 Å². The molecule has 0 bridgehead atoms. The predicted octanol–water partition coefficient (Wildman–Crippen LogP) is 4.06. The molecule has 160 valence electrons. The molecule has 30 heavy (non-hydrogen) atoms. The second-order valence-corrected chi connectivity index (χ2v) is 7.86. The third-order valence-corrected chi connectivity index (χ3v) is 5.56. The lowest BCUT2D eigenvalue weighted by Gasteiger charge is -2.30. The summed E-state index contributed by atoms with van der Waals surface area (Å²) in [5.74, 6) is 1.33. The van der Waals surface area contributed by atoms with E-state index >= 15 is 0 Å². The lowest BCUT2D eigenvalue weighted by Crippen LogP contribution is -2.43. The normalized spacial score (nSPS) is 14.0. The molecule has 1 atom stereocenters. The summed E-state index contributed by atoms with van der Waals surface area (Å²) in [7, 11) is 3.38. The van der Waals surface area contributed by atoms with E-state index in [1.165, 1.54) is 0 Å². The molecule has 3 rings (SSSR count). The van der Waals surface area contributed by atoms with Crippen molar-refractivity contribution in [1.29, 1.82) is 0 Å². The molecule has 1 fully saturated rings. The predicted molar refractivity (Wildman–Crippen MR) is 119 cm³/mol. The molecule has 3 amide bonds. The smallest absolute Gasteiger partial charge is 0.317 e. The van der Waals surface area contributed by atoms with E-state index in [-0.39, 0.29) is 24.4 Å². The Morgan fingerprint density at radius 1 is 1.10 bits per heavy atom. The van der Waals surface area contributed by atoms with Gasteiger partial charge in [-0.3, -0.25) is 4.79 Å². The zero-order valence-corrected chi connectivity index (χ0v) is 18.0. The van der Waals surface area contributed by atoms with Crippen molar-refractivity contribution >= 4 is 17.6 Å². The number of methoxy groups -OCH3 is 1. The molecule has 0 radical (unpaired) electrons. The molecule has 0 spiro atoms. The number of ether oxygens (including phenoxy) is 1. The third-order valence-electron chi connectivity index (χ3n) is 5.56. The highest BCUT2D eigenvalue weighted by Gasteiger charge is 2.35. The molecule has 0 aliphatic heterocycles. The number of carbonyl (C=O) groups is 2. The second-order valence-electron chi connectivity index (χ2n) is 7.86. The molecule has 2 aromatic rings. The first-order valence-corrected chi connectivity index (χ1v) is 10.5. The van der Waals surface area contributed by atoms with Gasteiger partial charge in [0, 0.05) is 38.3 Å². The quantitative estimate of drug-likeness (QED) is 0.679. The molecule has 2 aromatic carbocycles. The summed E-state index contributed by atoms with van der Waals surface area (Å²) < 4.78 is 5.23. The van der Waals surface area contributed by atoms with E-state index in [2.05, 4.69) is 12.2 Å². The molecule has 6 nitrogen and oxygen atoms in total. The average Bonchev–Trinajstić information content (AvgIpc) is 3.60. The minimum Gasteiger partial charge on any atom is -0.497 e. The Hall–Kier alpha value is -3.02. The number of rotatable bonds is 9. The molecule has 1 saturated carbocycles. The number of nitrogens with zero attached hydrogens (tertiary/aromatic N) is 2. The number of benzene rings is 2. The van der Waals surface area contributed by atoms with Crippen LogP contribution in [0.4, 0.5) is 10.5 Å². The van der Waals surface area contributed by atoms with Gasteiger partial charge >= 0.3 is 6.03 Å². The van der Waals surface area contributed by atoms with E-state index in [1.807, 2.05) is 59.5 Å². The van der Waals surface area contributed by atoms with Crippen LogP contribution in [0.25, 0.3) is 0 Å². The van der Waals surface area contributed by atoms with E-state index in [0.29, 0.717) is 19.0 Å². The summed E-state index contributed by atoms with van der Waals surface area (Å²) in [5.41, 5.74) is 1.93. The maximum Gasteiger partial charge on any atom is 0.317 e. The molecule has 0 aromatic heterocycles. The van der Waals surface area contributed by atoms with Crippen molar-refractivity contribution in [3.63, 3.8) is 0 Å². The molecular formula is C24H31N3O3. The summed E-state index contributed by atoms with van der Waals surface area (Å²) in [6.07, 6.45) is 2.57. The topological polar surface area (TPSA) is 61.9 Å². The van der Waals surface area contributed by atoms with E-state index in [0.717, 1.165) is 29.8 Å². The summed E-state index contributed by atoms with van der Waals surface area (Å²) in [5, 5.41) is 2.86. The van der Waals surface area contributed by atoms with Gasteiger partial charge in [0.2, 0.25) is 5.91 Å². The van der Waals surface area contributed by atoms with Crippen molar-refractivity contribution < 1.29 is 14.3 Å². The lowest BCUT2D eigenvalue weighted by molar-refractivity contribution is -0.119. The van der Waals surface area contributed by atoms with Crippen LogP contribution in [0.3, 0.4) is 0 Å². The standard InChI is InChI=1S/C24H31N3O3/c1-18(20-9-10-20)27(21-11-13-22(30-3)14-12-21)23(28)15-16-25-24(29)26(2)17-19-7-5-4-6-8-19/h4-8,11-14,18,20H,9-10,15-17H2,1-3H3,(H,25,29). The SMILES string of the molecule is COc1ccc(N(C(=O)CCNC(=O)N(C)Cc2ccccc2)C(C)C2CC2)cc1. The van der Waals surface area contributed by atoms with Crippen molar-refractivity contribution in [2.45, 2.75) is 38.8 Å². The van der Waals surface area contributed by atoms with Crippen LogP contribution in [0.2, 0.25) is 0 Å². The van der Waals surface area contributed by atoms with E-state index in [9.17, 15) is 9.59 Å².